The highest BCUT2D eigenvalue weighted by atomic mass is 32.2. The summed E-state index contributed by atoms with van der Waals surface area (Å²) in [5.41, 5.74) is 1.28. The summed E-state index contributed by atoms with van der Waals surface area (Å²) in [5, 5.41) is 12.6. The first-order valence-corrected chi connectivity index (χ1v) is 6.50. The van der Waals surface area contributed by atoms with Crippen LogP contribution in [0.15, 0.2) is 24.3 Å². The van der Waals surface area contributed by atoms with E-state index in [1.54, 1.807) is 12.1 Å². The number of thioether (sulfide) groups is 1. The van der Waals surface area contributed by atoms with Crippen molar-refractivity contribution >= 4 is 11.8 Å². The van der Waals surface area contributed by atoms with Gasteiger partial charge in [-0.1, -0.05) is 12.1 Å². The number of phenols is 1. The van der Waals surface area contributed by atoms with Crippen molar-refractivity contribution in [2.24, 2.45) is 5.92 Å². The molecule has 2 unspecified atom stereocenters. The van der Waals surface area contributed by atoms with Gasteiger partial charge < -0.3 is 10.4 Å². The van der Waals surface area contributed by atoms with Gasteiger partial charge in [0.05, 0.1) is 0 Å². The van der Waals surface area contributed by atoms with E-state index in [1.807, 2.05) is 30.9 Å². The van der Waals surface area contributed by atoms with Gasteiger partial charge in [0.1, 0.15) is 5.75 Å². The molecule has 1 heterocycles. The molecule has 1 saturated heterocycles. The third-order valence-electron chi connectivity index (χ3n) is 3.00. The van der Waals surface area contributed by atoms with Gasteiger partial charge in [-0.25, -0.2) is 0 Å². The van der Waals surface area contributed by atoms with Crippen LogP contribution in [0.3, 0.4) is 0 Å². The van der Waals surface area contributed by atoms with Crippen LogP contribution in [0.5, 0.6) is 5.75 Å². The van der Waals surface area contributed by atoms with E-state index in [-0.39, 0.29) is 0 Å². The van der Waals surface area contributed by atoms with Gasteiger partial charge in [-0.2, -0.15) is 11.8 Å². The Bertz CT molecular complexity index is 306. The molecule has 0 saturated carbocycles. The van der Waals surface area contributed by atoms with Crippen LogP contribution in [0.2, 0.25) is 0 Å². The average Bonchev–Trinajstić information content (AvgIpc) is 2.75. The van der Waals surface area contributed by atoms with Crippen molar-refractivity contribution in [3.8, 4) is 5.75 Å². The predicted octanol–water partition coefficient (Wildman–Crippen LogP) is 2.41. The molecule has 2 atom stereocenters. The highest BCUT2D eigenvalue weighted by Crippen LogP contribution is 2.34. The highest BCUT2D eigenvalue weighted by Gasteiger charge is 2.25. The third kappa shape index (κ3) is 2.47. The highest BCUT2D eigenvalue weighted by molar-refractivity contribution is 7.99. The lowest BCUT2D eigenvalue weighted by atomic mass is 9.92. The van der Waals surface area contributed by atoms with Crippen LogP contribution in [-0.4, -0.2) is 23.7 Å². The lowest BCUT2D eigenvalue weighted by Gasteiger charge is -2.22. The van der Waals surface area contributed by atoms with Gasteiger partial charge in [0.15, 0.2) is 0 Å². The second kappa shape index (κ2) is 4.90. The van der Waals surface area contributed by atoms with Crippen molar-refractivity contribution in [1.82, 2.24) is 5.32 Å². The zero-order chi connectivity index (χ0) is 10.7. The Balaban J connectivity index is 2.14. The summed E-state index contributed by atoms with van der Waals surface area (Å²) < 4.78 is 0. The molecular formula is C12H17NOS. The van der Waals surface area contributed by atoms with Crippen LogP contribution < -0.4 is 5.32 Å². The topological polar surface area (TPSA) is 32.3 Å². The zero-order valence-corrected chi connectivity index (χ0v) is 9.76. The molecule has 1 aliphatic rings. The fourth-order valence-electron chi connectivity index (χ4n) is 2.17. The molecule has 15 heavy (non-hydrogen) atoms. The molecule has 1 aromatic rings. The zero-order valence-electron chi connectivity index (χ0n) is 8.94. The van der Waals surface area contributed by atoms with E-state index in [4.69, 9.17) is 0 Å². The smallest absolute Gasteiger partial charge is 0.115 e. The van der Waals surface area contributed by atoms with E-state index in [0.717, 1.165) is 5.92 Å². The minimum absolute atomic E-state index is 0.342. The molecule has 0 radical (unpaired) electrons. The van der Waals surface area contributed by atoms with E-state index in [9.17, 15) is 5.11 Å². The minimum Gasteiger partial charge on any atom is -0.508 e. The second-order valence-electron chi connectivity index (χ2n) is 3.98. The molecule has 2 rings (SSSR count). The Kier molecular flexibility index (Phi) is 3.54. The SMILES string of the molecule is CNC(c1ccc(O)cc1)C1CCSC1. The summed E-state index contributed by atoms with van der Waals surface area (Å²) in [6, 6.07) is 7.99. The van der Waals surface area contributed by atoms with E-state index >= 15 is 0 Å². The molecule has 1 aliphatic heterocycles. The Hall–Kier alpha value is -0.670. The van der Waals surface area contributed by atoms with Crippen LogP contribution in [0.25, 0.3) is 0 Å². The van der Waals surface area contributed by atoms with E-state index in [2.05, 4.69) is 5.32 Å². The number of hydrogen-bond donors (Lipinski definition) is 2. The quantitative estimate of drug-likeness (QED) is 0.825. The molecule has 2 N–H and O–H groups in total. The Morgan fingerprint density at radius 3 is 2.67 bits per heavy atom. The Morgan fingerprint density at radius 1 is 1.40 bits per heavy atom. The van der Waals surface area contributed by atoms with Crippen molar-refractivity contribution in [2.75, 3.05) is 18.6 Å². The maximum absolute atomic E-state index is 9.25. The van der Waals surface area contributed by atoms with Crippen molar-refractivity contribution < 1.29 is 5.11 Å². The largest absolute Gasteiger partial charge is 0.508 e. The molecule has 2 nitrogen and oxygen atoms in total. The summed E-state index contributed by atoms with van der Waals surface area (Å²) in [6.07, 6.45) is 1.29. The predicted molar refractivity (Wildman–Crippen MR) is 65.3 cm³/mol. The standard InChI is InChI=1S/C12H17NOS/c1-13-12(10-6-7-15-8-10)9-2-4-11(14)5-3-9/h2-5,10,12-14H,6-8H2,1H3. The lowest BCUT2D eigenvalue weighted by Crippen LogP contribution is -2.25. The van der Waals surface area contributed by atoms with Crippen LogP contribution in [0, 0.1) is 5.92 Å². The maximum Gasteiger partial charge on any atom is 0.115 e. The Labute approximate surface area is 95.1 Å². The lowest BCUT2D eigenvalue weighted by molar-refractivity contribution is 0.418. The molecule has 82 valence electrons. The maximum atomic E-state index is 9.25. The number of benzene rings is 1. The van der Waals surface area contributed by atoms with Gasteiger partial charge in [-0.3, -0.25) is 0 Å². The first-order valence-electron chi connectivity index (χ1n) is 5.35. The summed E-state index contributed by atoms with van der Waals surface area (Å²) >= 11 is 2.03. The van der Waals surface area contributed by atoms with Gasteiger partial charge in [0.25, 0.3) is 0 Å². The number of phenolic OH excluding ortho intramolecular Hbond substituents is 1. The van der Waals surface area contributed by atoms with Crippen LogP contribution in [-0.2, 0) is 0 Å². The van der Waals surface area contributed by atoms with Gasteiger partial charge in [-0.05, 0) is 48.6 Å². The van der Waals surface area contributed by atoms with Gasteiger partial charge in [0.2, 0.25) is 0 Å². The third-order valence-corrected chi connectivity index (χ3v) is 4.19. The molecule has 0 bridgehead atoms. The first kappa shape index (κ1) is 10.8. The summed E-state index contributed by atoms with van der Waals surface area (Å²) in [4.78, 5) is 0. The Morgan fingerprint density at radius 2 is 2.13 bits per heavy atom. The fourth-order valence-corrected chi connectivity index (χ4v) is 3.47. The van der Waals surface area contributed by atoms with Crippen molar-refractivity contribution in [2.45, 2.75) is 12.5 Å². The molecular weight excluding hydrogens is 206 g/mol. The van der Waals surface area contributed by atoms with Crippen LogP contribution in [0.1, 0.15) is 18.0 Å². The number of nitrogens with one attached hydrogen (secondary N) is 1. The van der Waals surface area contributed by atoms with Crippen molar-refractivity contribution in [1.29, 1.82) is 0 Å². The van der Waals surface area contributed by atoms with Gasteiger partial charge in [-0.15, -0.1) is 0 Å². The summed E-state index contributed by atoms with van der Waals surface area (Å²) in [7, 11) is 2.01. The number of hydrogen-bond acceptors (Lipinski definition) is 3. The van der Waals surface area contributed by atoms with Crippen LogP contribution >= 0.6 is 11.8 Å². The number of rotatable bonds is 3. The normalized spacial score (nSPS) is 22.9. The fraction of sp³-hybridized carbons (Fsp3) is 0.500. The number of aromatic hydroxyl groups is 1. The van der Waals surface area contributed by atoms with Crippen LogP contribution in [0.4, 0.5) is 0 Å². The average molecular weight is 223 g/mol. The molecule has 1 aromatic carbocycles. The molecule has 0 aromatic heterocycles. The first-order chi connectivity index (χ1) is 7.31. The van der Waals surface area contributed by atoms with Gasteiger partial charge >= 0.3 is 0 Å². The summed E-state index contributed by atoms with van der Waals surface area (Å²) in [6.45, 7) is 0. The summed E-state index contributed by atoms with van der Waals surface area (Å²) in [5.74, 6) is 3.59. The van der Waals surface area contributed by atoms with E-state index in [0.29, 0.717) is 11.8 Å². The van der Waals surface area contributed by atoms with E-state index < -0.39 is 0 Å². The van der Waals surface area contributed by atoms with Gasteiger partial charge in [0, 0.05) is 6.04 Å². The second-order valence-corrected chi connectivity index (χ2v) is 5.13. The van der Waals surface area contributed by atoms with E-state index in [1.165, 1.54) is 23.5 Å². The van der Waals surface area contributed by atoms with Crippen molar-refractivity contribution in [3.63, 3.8) is 0 Å². The molecule has 3 heteroatoms. The molecule has 0 amide bonds. The monoisotopic (exact) mass is 223 g/mol. The van der Waals surface area contributed by atoms with Crippen molar-refractivity contribution in [3.05, 3.63) is 29.8 Å². The molecule has 0 aliphatic carbocycles. The molecule has 0 spiro atoms. The molecule has 1 fully saturated rings. The minimum atomic E-state index is 0.342.